The molecule has 2 rings (SSSR count). The van der Waals surface area contributed by atoms with Crippen molar-refractivity contribution in [2.75, 3.05) is 18.0 Å². The molecule has 1 aromatic rings. The predicted molar refractivity (Wildman–Crippen MR) is 95.4 cm³/mol. The fourth-order valence-electron chi connectivity index (χ4n) is 2.09. The van der Waals surface area contributed by atoms with Crippen molar-refractivity contribution in [2.24, 2.45) is 0 Å². The van der Waals surface area contributed by atoms with Crippen molar-refractivity contribution >= 4 is 46.0 Å². The van der Waals surface area contributed by atoms with Gasteiger partial charge in [-0.2, -0.15) is 10.5 Å². The average Bonchev–Trinajstić information content (AvgIpc) is 2.86. The number of thioether (sulfide) groups is 1. The third kappa shape index (κ3) is 4.82. The third-order valence-corrected chi connectivity index (χ3v) is 4.35. The fourth-order valence-corrected chi connectivity index (χ4v) is 3.14. The number of carbonyl (C=O) groups excluding carboxylic acids is 1. The largest absolute Gasteiger partial charge is 0.369 e. The lowest BCUT2D eigenvalue weighted by atomic mass is 10.1. The lowest BCUT2D eigenvalue weighted by molar-refractivity contribution is -0.115. The summed E-state index contributed by atoms with van der Waals surface area (Å²) in [4.78, 5) is 14.2. The second-order valence-corrected chi connectivity index (χ2v) is 6.47. The molecule has 0 unspecified atom stereocenters. The molecule has 0 radical (unpaired) electrons. The maximum absolute atomic E-state index is 11.6. The molecule has 1 aromatic carbocycles. The van der Waals surface area contributed by atoms with E-state index in [-0.39, 0.29) is 5.91 Å². The number of benzene rings is 1. The second-order valence-electron chi connectivity index (χ2n) is 4.75. The van der Waals surface area contributed by atoms with Crippen LogP contribution >= 0.6 is 24.0 Å². The Labute approximate surface area is 144 Å². The van der Waals surface area contributed by atoms with Crippen LogP contribution in [0.4, 0.5) is 5.69 Å². The van der Waals surface area contributed by atoms with Gasteiger partial charge in [-0.15, -0.1) is 0 Å². The zero-order chi connectivity index (χ0) is 16.7. The summed E-state index contributed by atoms with van der Waals surface area (Å²) in [6.07, 6.45) is 2.61. The molecule has 23 heavy (non-hydrogen) atoms. The van der Waals surface area contributed by atoms with E-state index in [0.29, 0.717) is 35.2 Å². The van der Waals surface area contributed by atoms with Crippen molar-refractivity contribution in [3.8, 4) is 12.1 Å². The topological polar surface area (TPSA) is 79.9 Å². The van der Waals surface area contributed by atoms with Crippen molar-refractivity contribution in [1.82, 2.24) is 5.32 Å². The van der Waals surface area contributed by atoms with Crippen LogP contribution in [0.1, 0.15) is 18.4 Å². The molecule has 1 saturated heterocycles. The normalized spacial score (nSPS) is 15.1. The summed E-state index contributed by atoms with van der Waals surface area (Å²) in [5, 5.41) is 20.1. The number of nitriles is 2. The third-order valence-electron chi connectivity index (χ3n) is 3.19. The van der Waals surface area contributed by atoms with Gasteiger partial charge in [0.25, 0.3) is 5.91 Å². The SMILES string of the molecule is N#CCCN(CCC#N)c1ccc(/C=C2/SC(=S)NC2=O)cc1. The quantitative estimate of drug-likeness (QED) is 0.632. The number of rotatable bonds is 6. The van der Waals surface area contributed by atoms with E-state index in [1.54, 1.807) is 6.08 Å². The molecule has 1 aliphatic heterocycles. The molecular weight excluding hydrogens is 328 g/mol. The molecule has 1 amide bonds. The van der Waals surface area contributed by atoms with E-state index in [9.17, 15) is 4.79 Å². The summed E-state index contributed by atoms with van der Waals surface area (Å²) in [6, 6.07) is 11.9. The zero-order valence-electron chi connectivity index (χ0n) is 12.3. The van der Waals surface area contributed by atoms with Gasteiger partial charge in [0.15, 0.2) is 0 Å². The van der Waals surface area contributed by atoms with Crippen LogP contribution in [0.15, 0.2) is 29.2 Å². The number of anilines is 1. The molecule has 116 valence electrons. The summed E-state index contributed by atoms with van der Waals surface area (Å²) in [6.45, 7) is 1.18. The molecule has 7 heteroatoms. The molecule has 0 aliphatic carbocycles. The first-order chi connectivity index (χ1) is 11.1. The van der Waals surface area contributed by atoms with Gasteiger partial charge < -0.3 is 10.2 Å². The summed E-state index contributed by atoms with van der Waals surface area (Å²) >= 11 is 6.21. The summed E-state index contributed by atoms with van der Waals surface area (Å²) in [7, 11) is 0. The predicted octanol–water partition coefficient (Wildman–Crippen LogP) is 2.81. The minimum absolute atomic E-state index is 0.172. The maximum Gasteiger partial charge on any atom is 0.263 e. The number of thiocarbonyl (C=S) groups is 1. The smallest absolute Gasteiger partial charge is 0.263 e. The maximum atomic E-state index is 11.6. The Hall–Kier alpha value is -2.35. The number of amides is 1. The van der Waals surface area contributed by atoms with Gasteiger partial charge in [-0.25, -0.2) is 0 Å². The highest BCUT2D eigenvalue weighted by atomic mass is 32.2. The number of carbonyl (C=O) groups is 1. The summed E-state index contributed by atoms with van der Waals surface area (Å²) in [5.41, 5.74) is 1.85. The van der Waals surface area contributed by atoms with Crippen LogP contribution in [0.25, 0.3) is 6.08 Å². The van der Waals surface area contributed by atoms with Crippen molar-refractivity contribution in [2.45, 2.75) is 12.8 Å². The van der Waals surface area contributed by atoms with E-state index in [1.165, 1.54) is 11.8 Å². The molecule has 0 spiro atoms. The highest BCUT2D eigenvalue weighted by Crippen LogP contribution is 2.26. The standard InChI is InChI=1S/C16H14N4OS2/c17-7-1-9-20(10-2-8-18)13-5-3-12(4-6-13)11-14-15(21)19-16(22)23-14/h3-6,11H,1-2,9-10H2,(H,19,21,22)/b14-11+. The minimum atomic E-state index is -0.172. The van der Waals surface area contributed by atoms with Crippen molar-refractivity contribution in [3.05, 3.63) is 34.7 Å². The zero-order valence-corrected chi connectivity index (χ0v) is 13.9. The summed E-state index contributed by atoms with van der Waals surface area (Å²) in [5.74, 6) is -0.172. The van der Waals surface area contributed by atoms with Crippen LogP contribution in [0.5, 0.6) is 0 Å². The van der Waals surface area contributed by atoms with Crippen LogP contribution < -0.4 is 10.2 Å². The molecule has 0 saturated carbocycles. The highest BCUT2D eigenvalue weighted by Gasteiger charge is 2.21. The van der Waals surface area contributed by atoms with Gasteiger partial charge in [0.2, 0.25) is 0 Å². The second kappa shape index (κ2) is 8.33. The number of nitrogens with zero attached hydrogens (tertiary/aromatic N) is 3. The molecule has 0 aromatic heterocycles. The van der Waals surface area contributed by atoms with Crippen LogP contribution in [0.2, 0.25) is 0 Å². The van der Waals surface area contributed by atoms with E-state index >= 15 is 0 Å². The van der Waals surface area contributed by atoms with Gasteiger partial charge in [0, 0.05) is 18.8 Å². The van der Waals surface area contributed by atoms with Crippen LogP contribution in [0, 0.1) is 22.7 Å². The Kier molecular flexibility index (Phi) is 6.16. The molecule has 1 aliphatic rings. The first kappa shape index (κ1) is 17.0. The fraction of sp³-hybridized carbons (Fsp3) is 0.250. The lowest BCUT2D eigenvalue weighted by Crippen LogP contribution is -2.25. The van der Waals surface area contributed by atoms with Gasteiger partial charge in [0.1, 0.15) is 4.32 Å². The summed E-state index contributed by atoms with van der Waals surface area (Å²) < 4.78 is 0.469. The Morgan fingerprint density at radius 1 is 1.17 bits per heavy atom. The monoisotopic (exact) mass is 342 g/mol. The Balaban J connectivity index is 2.12. The molecule has 1 fully saturated rings. The molecule has 1 heterocycles. The van der Waals surface area contributed by atoms with Crippen molar-refractivity contribution in [1.29, 1.82) is 10.5 Å². The van der Waals surface area contributed by atoms with Gasteiger partial charge >= 0.3 is 0 Å². The van der Waals surface area contributed by atoms with E-state index in [0.717, 1.165) is 11.3 Å². The van der Waals surface area contributed by atoms with Crippen LogP contribution in [-0.4, -0.2) is 23.3 Å². The van der Waals surface area contributed by atoms with Crippen LogP contribution in [0.3, 0.4) is 0 Å². The van der Waals surface area contributed by atoms with E-state index in [2.05, 4.69) is 17.5 Å². The van der Waals surface area contributed by atoms with Crippen LogP contribution in [-0.2, 0) is 4.79 Å². The van der Waals surface area contributed by atoms with Crippen molar-refractivity contribution < 1.29 is 4.79 Å². The van der Waals surface area contributed by atoms with Gasteiger partial charge in [0.05, 0.1) is 29.9 Å². The van der Waals surface area contributed by atoms with Crippen molar-refractivity contribution in [3.63, 3.8) is 0 Å². The van der Waals surface area contributed by atoms with Gasteiger partial charge in [-0.1, -0.05) is 36.1 Å². The number of nitrogens with one attached hydrogen (secondary N) is 1. The highest BCUT2D eigenvalue weighted by molar-refractivity contribution is 8.26. The molecular formula is C16H14N4OS2. The minimum Gasteiger partial charge on any atom is -0.369 e. The first-order valence-corrected chi connectivity index (χ1v) is 8.20. The molecule has 5 nitrogen and oxygen atoms in total. The molecule has 0 atom stereocenters. The van der Waals surface area contributed by atoms with E-state index in [1.807, 2.05) is 29.2 Å². The Bertz CT molecular complexity index is 695. The number of hydrogen-bond acceptors (Lipinski definition) is 6. The first-order valence-electron chi connectivity index (χ1n) is 6.98. The van der Waals surface area contributed by atoms with E-state index < -0.39 is 0 Å². The average molecular weight is 342 g/mol. The Morgan fingerprint density at radius 3 is 2.26 bits per heavy atom. The van der Waals surface area contributed by atoms with Gasteiger partial charge in [-0.3, -0.25) is 4.79 Å². The molecule has 0 bridgehead atoms. The number of hydrogen-bond donors (Lipinski definition) is 1. The molecule has 1 N–H and O–H groups in total. The Morgan fingerprint density at radius 2 is 1.78 bits per heavy atom. The van der Waals surface area contributed by atoms with Gasteiger partial charge in [-0.05, 0) is 23.8 Å². The van der Waals surface area contributed by atoms with E-state index in [4.69, 9.17) is 22.7 Å². The lowest BCUT2D eigenvalue weighted by Gasteiger charge is -2.22.